The van der Waals surface area contributed by atoms with E-state index in [1.54, 1.807) is 25.1 Å². The number of carbonyl (C=O) groups is 1. The Balaban J connectivity index is 3.09. The molecule has 1 aromatic carbocycles. The lowest BCUT2D eigenvalue weighted by Crippen LogP contribution is -2.32. The molecule has 0 aromatic heterocycles. The van der Waals surface area contributed by atoms with Crippen molar-refractivity contribution in [3.05, 3.63) is 22.7 Å². The molecule has 88 valence electrons. The zero-order valence-electron chi connectivity index (χ0n) is 8.77. The van der Waals surface area contributed by atoms with Gasteiger partial charge in [0.05, 0.1) is 15.7 Å². The van der Waals surface area contributed by atoms with E-state index in [-0.39, 0.29) is 0 Å². The number of primary amides is 1. The van der Waals surface area contributed by atoms with Crippen LogP contribution in [0.5, 0.6) is 0 Å². The maximum Gasteiger partial charge on any atom is 0.233 e. The molecule has 0 aliphatic carbocycles. The average Bonchev–Trinajstić information content (AvgIpc) is 2.17. The Kier molecular flexibility index (Phi) is 4.49. The lowest BCUT2D eigenvalue weighted by molar-refractivity contribution is -0.117. The second-order valence-electron chi connectivity index (χ2n) is 3.29. The molecule has 0 radical (unpaired) electrons. The third kappa shape index (κ3) is 2.82. The minimum Gasteiger partial charge on any atom is -0.399 e. The van der Waals surface area contributed by atoms with E-state index in [9.17, 15) is 9.00 Å². The van der Waals surface area contributed by atoms with E-state index in [0.717, 1.165) is 0 Å². The molecule has 1 rings (SSSR count). The molecule has 0 aliphatic heterocycles. The molecule has 0 aliphatic rings. The van der Waals surface area contributed by atoms with Gasteiger partial charge in [-0.1, -0.05) is 6.92 Å². The standard InChI is InChI=1S/C10H13BrN2O2S/c1-2-8(10(13)14)16(15)9-4-3-6(12)5-7(9)11/h3-5,8H,2,12H2,1H3,(H2,13,14). The van der Waals surface area contributed by atoms with Crippen molar-refractivity contribution in [1.82, 2.24) is 0 Å². The highest BCUT2D eigenvalue weighted by atomic mass is 79.9. The van der Waals surface area contributed by atoms with Crippen molar-refractivity contribution in [2.45, 2.75) is 23.5 Å². The Hall–Kier alpha value is -0.880. The van der Waals surface area contributed by atoms with Crippen LogP contribution in [0, 0.1) is 0 Å². The van der Waals surface area contributed by atoms with E-state index in [0.29, 0.717) is 21.5 Å². The number of nitrogens with two attached hydrogens (primary N) is 2. The van der Waals surface area contributed by atoms with Gasteiger partial charge in [-0.3, -0.25) is 9.00 Å². The molecule has 4 N–H and O–H groups in total. The van der Waals surface area contributed by atoms with Gasteiger partial charge >= 0.3 is 0 Å². The van der Waals surface area contributed by atoms with E-state index in [1.165, 1.54) is 0 Å². The fourth-order valence-corrected chi connectivity index (χ4v) is 3.44. The number of amides is 1. The van der Waals surface area contributed by atoms with Gasteiger partial charge in [0, 0.05) is 10.2 Å². The summed E-state index contributed by atoms with van der Waals surface area (Å²) < 4.78 is 12.7. The van der Waals surface area contributed by atoms with E-state index >= 15 is 0 Å². The molecule has 1 aromatic rings. The highest BCUT2D eigenvalue weighted by Crippen LogP contribution is 2.25. The molecule has 2 unspecified atom stereocenters. The summed E-state index contributed by atoms with van der Waals surface area (Å²) in [5.74, 6) is -0.551. The summed E-state index contributed by atoms with van der Waals surface area (Å²) in [4.78, 5) is 11.7. The van der Waals surface area contributed by atoms with E-state index in [1.807, 2.05) is 0 Å². The lowest BCUT2D eigenvalue weighted by Gasteiger charge is -2.12. The second-order valence-corrected chi connectivity index (χ2v) is 5.74. The van der Waals surface area contributed by atoms with E-state index in [2.05, 4.69) is 15.9 Å². The molecule has 0 bridgehead atoms. The lowest BCUT2D eigenvalue weighted by atomic mass is 10.3. The molecule has 4 nitrogen and oxygen atoms in total. The van der Waals surface area contributed by atoms with Crippen LogP contribution in [0.4, 0.5) is 5.69 Å². The van der Waals surface area contributed by atoms with Crippen molar-refractivity contribution in [1.29, 1.82) is 0 Å². The van der Waals surface area contributed by atoms with Crippen molar-refractivity contribution in [3.63, 3.8) is 0 Å². The Morgan fingerprint density at radius 2 is 2.19 bits per heavy atom. The zero-order valence-corrected chi connectivity index (χ0v) is 11.2. The number of nitrogen functional groups attached to an aromatic ring is 1. The fraction of sp³-hybridized carbons (Fsp3) is 0.300. The van der Waals surface area contributed by atoms with Gasteiger partial charge in [0.15, 0.2) is 0 Å². The zero-order chi connectivity index (χ0) is 12.3. The minimum absolute atomic E-state index is 0.443. The Labute approximate surface area is 105 Å². The molecule has 0 saturated carbocycles. The molecule has 6 heteroatoms. The van der Waals surface area contributed by atoms with E-state index < -0.39 is 22.0 Å². The van der Waals surface area contributed by atoms with Gasteiger partial charge in [-0.05, 0) is 40.5 Å². The van der Waals surface area contributed by atoms with Crippen LogP contribution < -0.4 is 11.5 Å². The van der Waals surface area contributed by atoms with Crippen LogP contribution >= 0.6 is 15.9 Å². The second kappa shape index (κ2) is 5.45. The largest absolute Gasteiger partial charge is 0.399 e. The first-order valence-corrected chi connectivity index (χ1v) is 6.72. The SMILES string of the molecule is CCC(C(N)=O)S(=O)c1ccc(N)cc1Br. The van der Waals surface area contributed by atoms with Gasteiger partial charge in [0.2, 0.25) is 5.91 Å². The van der Waals surface area contributed by atoms with Crippen molar-refractivity contribution in [3.8, 4) is 0 Å². The average molecular weight is 305 g/mol. The molecular formula is C10H13BrN2O2S. The number of rotatable bonds is 4. The van der Waals surface area contributed by atoms with Crippen LogP contribution in [0.25, 0.3) is 0 Å². The van der Waals surface area contributed by atoms with Crippen LogP contribution in [-0.2, 0) is 15.6 Å². The normalized spacial score (nSPS) is 14.4. The highest BCUT2D eigenvalue weighted by molar-refractivity contribution is 9.10. The third-order valence-corrected chi connectivity index (χ3v) is 4.91. The Bertz CT molecular complexity index is 437. The van der Waals surface area contributed by atoms with Gasteiger partial charge < -0.3 is 11.5 Å². The summed E-state index contributed by atoms with van der Waals surface area (Å²) in [6, 6.07) is 4.94. The topological polar surface area (TPSA) is 86.2 Å². The number of hydrogen-bond donors (Lipinski definition) is 2. The highest BCUT2D eigenvalue weighted by Gasteiger charge is 2.23. The number of hydrogen-bond acceptors (Lipinski definition) is 3. The number of anilines is 1. The third-order valence-electron chi connectivity index (χ3n) is 2.12. The molecule has 0 heterocycles. The van der Waals surface area contributed by atoms with Gasteiger partial charge in [0.25, 0.3) is 0 Å². The van der Waals surface area contributed by atoms with Crippen molar-refractivity contribution < 1.29 is 9.00 Å². The quantitative estimate of drug-likeness (QED) is 0.824. The van der Waals surface area contributed by atoms with Gasteiger partial charge in [-0.2, -0.15) is 0 Å². The minimum atomic E-state index is -1.45. The maximum atomic E-state index is 12.1. The first kappa shape index (κ1) is 13.2. The van der Waals surface area contributed by atoms with Gasteiger partial charge in [0.1, 0.15) is 5.25 Å². The molecular weight excluding hydrogens is 292 g/mol. The van der Waals surface area contributed by atoms with Gasteiger partial charge in [-0.25, -0.2) is 0 Å². The maximum absolute atomic E-state index is 12.1. The summed E-state index contributed by atoms with van der Waals surface area (Å²) in [6.07, 6.45) is 0.443. The molecule has 0 spiro atoms. The van der Waals surface area contributed by atoms with Crippen LogP contribution in [-0.4, -0.2) is 15.4 Å². The van der Waals surface area contributed by atoms with Crippen molar-refractivity contribution in [2.24, 2.45) is 5.73 Å². The van der Waals surface area contributed by atoms with Crippen LogP contribution in [0.15, 0.2) is 27.6 Å². The van der Waals surface area contributed by atoms with Crippen LogP contribution in [0.1, 0.15) is 13.3 Å². The number of halogens is 1. The molecule has 0 saturated heterocycles. The fourth-order valence-electron chi connectivity index (χ4n) is 1.29. The monoisotopic (exact) mass is 304 g/mol. The predicted octanol–water partition coefficient (Wildman–Crippen LogP) is 1.40. The van der Waals surface area contributed by atoms with Crippen LogP contribution in [0.3, 0.4) is 0 Å². The Morgan fingerprint density at radius 1 is 1.56 bits per heavy atom. The van der Waals surface area contributed by atoms with Gasteiger partial charge in [-0.15, -0.1) is 0 Å². The van der Waals surface area contributed by atoms with Crippen molar-refractivity contribution in [2.75, 3.05) is 5.73 Å². The van der Waals surface area contributed by atoms with E-state index in [4.69, 9.17) is 11.5 Å². The summed E-state index contributed by atoms with van der Waals surface area (Å²) in [6.45, 7) is 1.78. The first-order chi connectivity index (χ1) is 7.47. The predicted molar refractivity (Wildman–Crippen MR) is 68.2 cm³/mol. The summed E-state index contributed by atoms with van der Waals surface area (Å²) in [5, 5.41) is -0.667. The first-order valence-electron chi connectivity index (χ1n) is 4.72. The molecule has 2 atom stereocenters. The molecule has 0 fully saturated rings. The Morgan fingerprint density at radius 3 is 2.62 bits per heavy atom. The summed E-state index contributed by atoms with van der Waals surface area (Å²) >= 11 is 3.27. The smallest absolute Gasteiger partial charge is 0.233 e. The molecule has 1 amide bonds. The number of benzene rings is 1. The van der Waals surface area contributed by atoms with Crippen molar-refractivity contribution >= 4 is 38.3 Å². The van der Waals surface area contributed by atoms with Crippen LogP contribution in [0.2, 0.25) is 0 Å². The number of carbonyl (C=O) groups excluding carboxylic acids is 1. The summed E-state index contributed by atoms with van der Waals surface area (Å²) in [7, 11) is -1.45. The molecule has 16 heavy (non-hydrogen) atoms. The summed E-state index contributed by atoms with van der Waals surface area (Å²) in [5.41, 5.74) is 11.3.